The van der Waals surface area contributed by atoms with E-state index in [2.05, 4.69) is 44.6 Å². The normalized spacial score (nSPS) is 17.3. The van der Waals surface area contributed by atoms with Gasteiger partial charge in [-0.2, -0.15) is 0 Å². The summed E-state index contributed by atoms with van der Waals surface area (Å²) in [7, 11) is 0. The fourth-order valence-corrected chi connectivity index (χ4v) is 3.91. The van der Waals surface area contributed by atoms with E-state index in [9.17, 15) is 4.79 Å². The third kappa shape index (κ3) is 2.38. The molecule has 4 aromatic rings. The van der Waals surface area contributed by atoms with Crippen LogP contribution in [0.3, 0.4) is 0 Å². The molecule has 1 aliphatic rings. The Morgan fingerprint density at radius 1 is 1.24 bits per heavy atom. The van der Waals surface area contributed by atoms with Crippen LogP contribution in [-0.2, 0) is 24.9 Å². The smallest absolute Gasteiger partial charge is 0.142 e. The number of benzene rings is 2. The molecule has 1 saturated heterocycles. The van der Waals surface area contributed by atoms with Crippen molar-refractivity contribution in [3.8, 4) is 0 Å². The van der Waals surface area contributed by atoms with Gasteiger partial charge in [0.2, 0.25) is 0 Å². The third-order valence-corrected chi connectivity index (χ3v) is 5.04. The van der Waals surface area contributed by atoms with Crippen LogP contribution in [0.4, 0.5) is 5.69 Å². The number of aldehydes is 1. The average Bonchev–Trinajstić information content (AvgIpc) is 3.30. The summed E-state index contributed by atoms with van der Waals surface area (Å²) in [6.07, 6.45) is 6.89. The van der Waals surface area contributed by atoms with E-state index in [1.807, 2.05) is 24.5 Å². The summed E-state index contributed by atoms with van der Waals surface area (Å²) in [6, 6.07) is 15.8. The van der Waals surface area contributed by atoms with Crippen molar-refractivity contribution in [2.24, 2.45) is 0 Å². The molecule has 5 rings (SSSR count). The number of carbonyl (C=O) groups excluding carboxylic acids is 1. The van der Waals surface area contributed by atoms with Crippen molar-refractivity contribution < 1.29 is 24.9 Å². The largest absolute Gasteiger partial charge is 0.362 e. The van der Waals surface area contributed by atoms with Crippen molar-refractivity contribution in [3.63, 3.8) is 0 Å². The second kappa shape index (κ2) is 6.25. The summed E-state index contributed by atoms with van der Waals surface area (Å²) in [4.78, 5) is 18.1. The molecular weight excluding hydrogens is 490 g/mol. The van der Waals surface area contributed by atoms with Crippen molar-refractivity contribution in [2.45, 2.75) is 18.9 Å². The maximum absolute atomic E-state index is 11.3. The second-order valence-corrected chi connectivity index (χ2v) is 6.32. The molecule has 2 aromatic heterocycles. The molecule has 0 N–H and O–H groups in total. The molecule has 127 valence electrons. The summed E-state index contributed by atoms with van der Waals surface area (Å²) < 4.78 is 2.11. The van der Waals surface area contributed by atoms with Gasteiger partial charge in [0, 0.05) is 50.2 Å². The van der Waals surface area contributed by atoms with Crippen molar-refractivity contribution >= 4 is 39.3 Å². The van der Waals surface area contributed by atoms with E-state index in [-0.39, 0.29) is 26.1 Å². The predicted octanol–water partition coefficient (Wildman–Crippen LogP) is 3.61. The molecule has 0 aliphatic carbocycles. The minimum Gasteiger partial charge on any atom is -0.362 e. The number of aromatic nitrogens is 2. The molecule has 0 bridgehead atoms. The van der Waals surface area contributed by atoms with E-state index >= 15 is 0 Å². The van der Waals surface area contributed by atoms with Crippen LogP contribution in [0.5, 0.6) is 0 Å². The molecule has 2 aromatic carbocycles. The first-order valence-corrected chi connectivity index (χ1v) is 8.28. The zero-order chi connectivity index (χ0) is 16.1. The number of pyridine rings is 1. The van der Waals surface area contributed by atoms with Crippen LogP contribution in [0.15, 0.2) is 48.8 Å². The van der Waals surface area contributed by atoms with Gasteiger partial charge in [-0.25, -0.2) is 0 Å². The van der Waals surface area contributed by atoms with Gasteiger partial charge in [0.1, 0.15) is 6.29 Å². The zero-order valence-corrected chi connectivity index (χ0v) is 15.9. The number of imidazole rings is 1. The Hall–Kier alpha value is -2.23. The molecule has 0 amide bonds. The second-order valence-electron chi connectivity index (χ2n) is 6.32. The van der Waals surface area contributed by atoms with Gasteiger partial charge in [0.15, 0.2) is 0 Å². The van der Waals surface area contributed by atoms with Gasteiger partial charge < -0.3 is 14.1 Å². The summed E-state index contributed by atoms with van der Waals surface area (Å²) in [5, 5.41) is 3.34. The first kappa shape index (κ1) is 16.2. The summed E-state index contributed by atoms with van der Waals surface area (Å²) in [6.45, 7) is 0.937. The quantitative estimate of drug-likeness (QED) is 0.237. The van der Waals surface area contributed by atoms with Crippen LogP contribution < -0.4 is 4.90 Å². The van der Waals surface area contributed by atoms with Gasteiger partial charge in [-0.15, -0.1) is 29.7 Å². The maximum atomic E-state index is 11.3. The van der Waals surface area contributed by atoms with E-state index in [0.29, 0.717) is 0 Å². The molecule has 1 fully saturated rings. The number of carbonyl (C=O) groups is 1. The number of fused-ring (bicyclic) bond motifs is 6. The van der Waals surface area contributed by atoms with Crippen molar-refractivity contribution in [2.75, 3.05) is 11.4 Å². The number of hydrogen-bond acceptors (Lipinski definition) is 3. The molecule has 0 saturated carbocycles. The summed E-state index contributed by atoms with van der Waals surface area (Å²) >= 11 is 0. The van der Waals surface area contributed by atoms with Crippen molar-refractivity contribution in [3.05, 3.63) is 54.9 Å². The first-order chi connectivity index (χ1) is 11.9. The Balaban J connectivity index is 0.00000157. The van der Waals surface area contributed by atoms with E-state index < -0.39 is 0 Å². The van der Waals surface area contributed by atoms with Crippen LogP contribution >= 0.6 is 0 Å². The van der Waals surface area contributed by atoms with Gasteiger partial charge in [-0.3, -0.25) is 4.98 Å². The van der Waals surface area contributed by atoms with Gasteiger partial charge in [-0.05, 0) is 36.4 Å². The molecule has 5 heteroatoms. The molecule has 25 heavy (non-hydrogen) atoms. The fourth-order valence-electron chi connectivity index (χ4n) is 3.91. The zero-order valence-electron chi connectivity index (χ0n) is 13.5. The van der Waals surface area contributed by atoms with Crippen LogP contribution in [0, 0.1) is 6.07 Å². The standard InChI is InChI=1S/C20H16N3O.Ir/c24-13-15-4-3-10-22(15)14-7-8-19-18(12-14)16-5-1-2-6-17(16)20-21-9-11-23(19)20;/h1-2,5,7-9,11-13,15H,3-4,10H2;/q-1;/t15-;/m0./s1. The molecular formula is C20H16IrN3O-. The van der Waals surface area contributed by atoms with E-state index in [1.165, 1.54) is 5.39 Å². The molecule has 1 radical (unpaired) electrons. The van der Waals surface area contributed by atoms with E-state index in [1.54, 1.807) is 0 Å². The van der Waals surface area contributed by atoms with Crippen LogP contribution in [0.1, 0.15) is 12.8 Å². The predicted molar refractivity (Wildman–Crippen MR) is 95.5 cm³/mol. The van der Waals surface area contributed by atoms with Crippen molar-refractivity contribution in [1.29, 1.82) is 0 Å². The summed E-state index contributed by atoms with van der Waals surface area (Å²) in [5.41, 5.74) is 3.17. The van der Waals surface area contributed by atoms with E-state index in [0.717, 1.165) is 53.3 Å². The van der Waals surface area contributed by atoms with Gasteiger partial charge in [0.05, 0.1) is 11.7 Å². The minimum atomic E-state index is -0.00254. The summed E-state index contributed by atoms with van der Waals surface area (Å²) in [5.74, 6) is 0. The van der Waals surface area contributed by atoms with Crippen LogP contribution in [-0.4, -0.2) is 28.3 Å². The number of hydrogen-bond donors (Lipinski definition) is 0. The minimum absolute atomic E-state index is 0. The van der Waals surface area contributed by atoms with Crippen LogP contribution in [0.25, 0.3) is 27.3 Å². The third-order valence-electron chi connectivity index (χ3n) is 5.04. The molecule has 3 heterocycles. The fraction of sp³-hybridized carbons (Fsp3) is 0.200. The SMILES string of the molecule is O=C[C@@H]1CCCN1c1ccc2c(c1)c1ccc[c-]c1c1nccn21.[Ir]. The van der Waals surface area contributed by atoms with Gasteiger partial charge in [-0.1, -0.05) is 5.39 Å². The average molecular weight is 507 g/mol. The topological polar surface area (TPSA) is 37.6 Å². The number of nitrogens with zero attached hydrogens (tertiary/aromatic N) is 3. The number of rotatable bonds is 2. The van der Waals surface area contributed by atoms with Crippen molar-refractivity contribution in [1.82, 2.24) is 9.38 Å². The molecule has 0 unspecified atom stereocenters. The monoisotopic (exact) mass is 507 g/mol. The Morgan fingerprint density at radius 3 is 3.04 bits per heavy atom. The number of anilines is 1. The molecule has 1 atom stereocenters. The Bertz CT molecular complexity index is 1090. The van der Waals surface area contributed by atoms with E-state index in [4.69, 9.17) is 0 Å². The Morgan fingerprint density at radius 2 is 2.16 bits per heavy atom. The molecule has 4 nitrogen and oxygen atoms in total. The van der Waals surface area contributed by atoms with Crippen LogP contribution in [0.2, 0.25) is 0 Å². The maximum Gasteiger partial charge on any atom is 0.142 e. The Labute approximate surface area is 158 Å². The Kier molecular flexibility index (Phi) is 4.06. The van der Waals surface area contributed by atoms with Gasteiger partial charge in [0.25, 0.3) is 0 Å². The molecule has 0 spiro atoms. The van der Waals surface area contributed by atoms with Gasteiger partial charge >= 0.3 is 0 Å². The molecule has 1 aliphatic heterocycles. The first-order valence-electron chi connectivity index (χ1n) is 8.28.